The van der Waals surface area contributed by atoms with Gasteiger partial charge >= 0.3 is 0 Å². The van der Waals surface area contributed by atoms with Gasteiger partial charge in [-0.3, -0.25) is 14.9 Å². The Bertz CT molecular complexity index is 836. The van der Waals surface area contributed by atoms with Gasteiger partial charge in [0.1, 0.15) is 11.5 Å². The topological polar surface area (TPSA) is 55.4 Å². The Morgan fingerprint density at radius 3 is 2.48 bits per heavy atom. The molecule has 1 heterocycles. The third-order valence-electron chi connectivity index (χ3n) is 2.92. The summed E-state index contributed by atoms with van der Waals surface area (Å²) in [5, 5.41) is 2.69. The second kappa shape index (κ2) is 6.66. The molecule has 7 heteroatoms. The molecule has 1 aliphatic rings. The molecule has 0 aromatic heterocycles. The minimum atomic E-state index is -0.393. The highest BCUT2D eigenvalue weighted by Gasteiger charge is 2.24. The Morgan fingerprint density at radius 2 is 1.78 bits per heavy atom. The Hall–Kier alpha value is -1.95. The maximum atomic E-state index is 11.6. The van der Waals surface area contributed by atoms with Crippen LogP contribution in [0.25, 0.3) is 6.08 Å². The molecule has 2 aromatic rings. The normalized spacial score (nSPS) is 15.8. The minimum Gasteiger partial charge on any atom is -0.457 e. The lowest BCUT2D eigenvalue weighted by Crippen LogP contribution is -2.17. The van der Waals surface area contributed by atoms with Gasteiger partial charge in [-0.15, -0.1) is 0 Å². The predicted molar refractivity (Wildman–Crippen MR) is 92.1 cm³/mol. The number of hydrogen-bond acceptors (Lipinski definition) is 4. The van der Waals surface area contributed by atoms with E-state index in [4.69, 9.17) is 27.9 Å². The fraction of sp³-hybridized carbons (Fsp3) is 0. The Kier molecular flexibility index (Phi) is 4.61. The van der Waals surface area contributed by atoms with Gasteiger partial charge in [0.25, 0.3) is 11.1 Å². The van der Waals surface area contributed by atoms with Crippen molar-refractivity contribution >= 4 is 52.2 Å². The molecule has 2 aromatic carbocycles. The molecule has 2 amide bonds. The highest BCUT2D eigenvalue weighted by Crippen LogP contribution is 2.31. The van der Waals surface area contributed by atoms with Crippen LogP contribution in [-0.4, -0.2) is 11.1 Å². The van der Waals surface area contributed by atoms with E-state index in [-0.39, 0.29) is 5.24 Å². The van der Waals surface area contributed by atoms with E-state index in [9.17, 15) is 9.59 Å². The Morgan fingerprint density at radius 1 is 1.00 bits per heavy atom. The van der Waals surface area contributed by atoms with Gasteiger partial charge in [-0.1, -0.05) is 35.3 Å². The second-order valence-electron chi connectivity index (χ2n) is 4.60. The molecule has 1 N–H and O–H groups in total. The number of thioether (sulfide) groups is 1. The molecule has 0 bridgehead atoms. The molecule has 1 saturated heterocycles. The number of imide groups is 1. The smallest absolute Gasteiger partial charge is 0.290 e. The molecule has 1 fully saturated rings. The van der Waals surface area contributed by atoms with Gasteiger partial charge in [0.2, 0.25) is 0 Å². The summed E-state index contributed by atoms with van der Waals surface area (Å²) in [5.74, 6) is 0.732. The number of benzene rings is 2. The largest absolute Gasteiger partial charge is 0.457 e. The summed E-state index contributed by atoms with van der Waals surface area (Å²) in [6.07, 6.45) is 1.63. The van der Waals surface area contributed by atoms with Crippen molar-refractivity contribution in [3.63, 3.8) is 0 Å². The van der Waals surface area contributed by atoms with Crippen LogP contribution in [0.5, 0.6) is 11.5 Å². The molecule has 0 saturated carbocycles. The number of nitrogens with one attached hydrogen (secondary N) is 1. The first-order valence-electron chi connectivity index (χ1n) is 6.49. The molecule has 0 spiro atoms. The van der Waals surface area contributed by atoms with Crippen LogP contribution in [0.15, 0.2) is 47.4 Å². The first-order valence-corrected chi connectivity index (χ1v) is 8.06. The number of ether oxygens (including phenoxy) is 1. The molecule has 0 radical (unpaired) electrons. The van der Waals surface area contributed by atoms with Crippen molar-refractivity contribution in [3.8, 4) is 11.5 Å². The summed E-state index contributed by atoms with van der Waals surface area (Å²) in [4.78, 5) is 23.1. The van der Waals surface area contributed by atoms with Crippen LogP contribution in [0.1, 0.15) is 5.56 Å². The monoisotopic (exact) mass is 365 g/mol. The van der Waals surface area contributed by atoms with Crippen LogP contribution in [0.3, 0.4) is 0 Å². The van der Waals surface area contributed by atoms with E-state index in [1.54, 1.807) is 42.5 Å². The van der Waals surface area contributed by atoms with Crippen LogP contribution in [0.4, 0.5) is 4.79 Å². The van der Waals surface area contributed by atoms with Gasteiger partial charge in [0, 0.05) is 6.07 Å². The van der Waals surface area contributed by atoms with E-state index < -0.39 is 5.91 Å². The first-order chi connectivity index (χ1) is 11.0. The summed E-state index contributed by atoms with van der Waals surface area (Å²) >= 11 is 12.7. The van der Waals surface area contributed by atoms with Gasteiger partial charge in [-0.25, -0.2) is 0 Å². The molecule has 23 heavy (non-hydrogen) atoms. The average molecular weight is 366 g/mol. The van der Waals surface area contributed by atoms with E-state index in [1.165, 1.54) is 0 Å². The molecule has 1 aliphatic heterocycles. The fourth-order valence-corrected chi connectivity index (χ4v) is 2.89. The number of hydrogen-bond donors (Lipinski definition) is 1. The van der Waals surface area contributed by atoms with E-state index in [1.807, 2.05) is 6.07 Å². The maximum absolute atomic E-state index is 11.6. The zero-order valence-electron chi connectivity index (χ0n) is 11.5. The maximum Gasteiger partial charge on any atom is 0.290 e. The second-order valence-corrected chi connectivity index (χ2v) is 6.43. The molecule has 0 aliphatic carbocycles. The van der Waals surface area contributed by atoms with Gasteiger partial charge in [-0.2, -0.15) is 0 Å². The zero-order chi connectivity index (χ0) is 16.4. The lowest BCUT2D eigenvalue weighted by Gasteiger charge is -2.07. The van der Waals surface area contributed by atoms with Crippen molar-refractivity contribution in [2.75, 3.05) is 0 Å². The van der Waals surface area contributed by atoms with Crippen molar-refractivity contribution in [2.24, 2.45) is 0 Å². The van der Waals surface area contributed by atoms with Crippen LogP contribution >= 0.6 is 35.0 Å². The van der Waals surface area contributed by atoms with Crippen molar-refractivity contribution in [3.05, 3.63) is 63.0 Å². The van der Waals surface area contributed by atoms with Crippen LogP contribution in [0.2, 0.25) is 10.0 Å². The van der Waals surface area contributed by atoms with Crippen LogP contribution in [0, 0.1) is 0 Å². The van der Waals surface area contributed by atoms with E-state index >= 15 is 0 Å². The van der Waals surface area contributed by atoms with Gasteiger partial charge in [0.05, 0.1) is 15.0 Å². The van der Waals surface area contributed by atoms with Crippen LogP contribution in [-0.2, 0) is 4.79 Å². The molecule has 4 nitrogen and oxygen atoms in total. The molecule has 116 valence electrons. The van der Waals surface area contributed by atoms with E-state index in [0.717, 1.165) is 17.3 Å². The Labute approximate surface area is 146 Å². The lowest BCUT2D eigenvalue weighted by molar-refractivity contribution is -0.115. The standard InChI is InChI=1S/C16H9Cl2NO3S/c17-12-5-4-11(8-13(12)18)22-10-3-1-2-9(6-10)7-14-15(20)19-16(21)23-14/h1-8H,(H,19,20,21)/b14-7+. The van der Waals surface area contributed by atoms with Crippen molar-refractivity contribution in [1.82, 2.24) is 5.32 Å². The molecule has 0 unspecified atom stereocenters. The quantitative estimate of drug-likeness (QED) is 0.767. The van der Waals surface area contributed by atoms with E-state index in [2.05, 4.69) is 5.32 Å². The third kappa shape index (κ3) is 3.88. The average Bonchev–Trinajstić information content (AvgIpc) is 2.81. The molecule has 0 atom stereocenters. The fourth-order valence-electron chi connectivity index (χ4n) is 1.92. The van der Waals surface area contributed by atoms with Crippen molar-refractivity contribution in [1.29, 1.82) is 0 Å². The summed E-state index contributed by atoms with van der Waals surface area (Å²) in [6, 6.07) is 12.1. The molecule has 3 rings (SSSR count). The number of carbonyl (C=O) groups excluding carboxylic acids is 2. The van der Waals surface area contributed by atoms with Crippen LogP contribution < -0.4 is 10.1 Å². The number of rotatable bonds is 3. The predicted octanol–water partition coefficient (Wildman–Crippen LogP) is 5.11. The van der Waals surface area contributed by atoms with Crippen molar-refractivity contribution < 1.29 is 14.3 Å². The first kappa shape index (κ1) is 15.9. The van der Waals surface area contributed by atoms with Gasteiger partial charge in [-0.05, 0) is 47.7 Å². The van der Waals surface area contributed by atoms with Gasteiger partial charge in [0.15, 0.2) is 0 Å². The SMILES string of the molecule is O=C1NC(=O)/C(=C\c2cccc(Oc3ccc(Cl)c(Cl)c3)c2)S1. The summed E-state index contributed by atoms with van der Waals surface area (Å²) in [5.41, 5.74) is 0.745. The van der Waals surface area contributed by atoms with Gasteiger partial charge < -0.3 is 4.74 Å². The highest BCUT2D eigenvalue weighted by atomic mass is 35.5. The van der Waals surface area contributed by atoms with E-state index in [0.29, 0.717) is 26.4 Å². The number of carbonyl (C=O) groups is 2. The molecular formula is C16H9Cl2NO3S. The lowest BCUT2D eigenvalue weighted by atomic mass is 10.2. The zero-order valence-corrected chi connectivity index (χ0v) is 13.8. The number of halogens is 2. The third-order valence-corrected chi connectivity index (χ3v) is 4.47. The number of amides is 2. The summed E-state index contributed by atoms with van der Waals surface area (Å²) in [6.45, 7) is 0. The minimum absolute atomic E-state index is 0.349. The van der Waals surface area contributed by atoms with Crippen molar-refractivity contribution in [2.45, 2.75) is 0 Å². The highest BCUT2D eigenvalue weighted by molar-refractivity contribution is 8.18. The summed E-state index contributed by atoms with van der Waals surface area (Å²) in [7, 11) is 0. The summed E-state index contributed by atoms with van der Waals surface area (Å²) < 4.78 is 5.72. The Balaban J connectivity index is 1.82. The molecular weight excluding hydrogens is 357 g/mol.